The monoisotopic (exact) mass is 963 g/mol. The van der Waals surface area contributed by atoms with Gasteiger partial charge in [0.25, 0.3) is 0 Å². The number of benzene rings is 12. The molecule has 0 saturated carbocycles. The molecule has 0 radical (unpaired) electrons. The summed E-state index contributed by atoms with van der Waals surface area (Å²) in [5, 5.41) is -0.796. The Labute approximate surface area is 478 Å². The largest absolute Gasteiger partial charge is 0.310 e. The zero-order valence-corrected chi connectivity index (χ0v) is 37.2. The van der Waals surface area contributed by atoms with Crippen molar-refractivity contribution in [3.63, 3.8) is 0 Å². The van der Waals surface area contributed by atoms with Crippen molar-refractivity contribution in [3.05, 3.63) is 329 Å². The van der Waals surface area contributed by atoms with Crippen molar-refractivity contribution >= 4 is 27.8 Å². The van der Waals surface area contributed by atoms with Crippen LogP contribution in [0.15, 0.2) is 284 Å². The van der Waals surface area contributed by atoms with Crippen molar-refractivity contribution in [3.8, 4) is 55.6 Å². The summed E-state index contributed by atoms with van der Waals surface area (Å²) in [6.45, 7) is 0. The maximum atomic E-state index is 10.9. The first-order valence-electron chi connectivity index (χ1n) is 41.0. The average Bonchev–Trinajstić information content (AvgIpc) is 1.49. The van der Waals surface area contributed by atoms with Crippen LogP contribution in [0.5, 0.6) is 0 Å². The first-order valence-corrected chi connectivity index (χ1v) is 22.5. The molecule has 1 spiro atoms. The van der Waals surface area contributed by atoms with Gasteiger partial charge in [-0.15, -0.1) is 0 Å². The highest BCUT2D eigenvalue weighted by Crippen LogP contribution is 2.65. The van der Waals surface area contributed by atoms with Gasteiger partial charge >= 0.3 is 0 Å². The van der Waals surface area contributed by atoms with Gasteiger partial charge in [-0.1, -0.05) is 248 Å². The fraction of sp³-hybridized carbons (Fsp3) is 0.0278. The van der Waals surface area contributed by atoms with Crippen LogP contribution in [0, 0.1) is 0 Å². The summed E-state index contributed by atoms with van der Waals surface area (Å²) in [6, 6.07) is -24.8. The third-order valence-corrected chi connectivity index (χ3v) is 13.6. The van der Waals surface area contributed by atoms with Crippen LogP contribution in [0.25, 0.3) is 66.4 Å². The van der Waals surface area contributed by atoms with Crippen molar-refractivity contribution in [2.75, 3.05) is 4.90 Å². The van der Waals surface area contributed by atoms with Gasteiger partial charge < -0.3 is 4.90 Å². The summed E-state index contributed by atoms with van der Waals surface area (Å²) in [7, 11) is 0. The molecular weight excluding hydrogens is 879 g/mol. The molecule has 73 heavy (non-hydrogen) atoms. The molecule has 12 aromatic carbocycles. The maximum Gasteiger partial charge on any atom is 0.0726 e. The number of fused-ring (bicyclic) bond motifs is 14. The molecule has 0 fully saturated rings. The average molecular weight is 963 g/mol. The van der Waals surface area contributed by atoms with E-state index < -0.39 is 335 Å². The molecule has 1 unspecified atom stereocenters. The lowest BCUT2D eigenvalue weighted by Gasteiger charge is -2.34. The van der Waals surface area contributed by atoms with Gasteiger partial charge in [0.15, 0.2) is 0 Å². The van der Waals surface area contributed by atoms with Crippen LogP contribution >= 0.6 is 0 Å². The van der Waals surface area contributed by atoms with E-state index in [4.69, 9.17) is 17.8 Å². The first-order chi connectivity index (χ1) is 51.6. The summed E-state index contributed by atoms with van der Waals surface area (Å²) < 4.78 is 354. The van der Waals surface area contributed by atoms with Crippen molar-refractivity contribution < 1.29 is 50.7 Å². The highest BCUT2D eigenvalue weighted by atomic mass is 15.1. The SMILES string of the molecule is [2H]c1ccc(N(c2cc(-c3c([2H])c([2H])c4c([2H])cccc4c3-c3c([2H])cc4c(c3[2H])C(c3c([2H])c([2H])c([2H])c([2H])c3[2H])(c3c([2H])c([2H])c([2H])c([2H])c3[2H])c3c([2H])c([2H])c([2H])c([2H])c3-4)c([2H])c([2H])c2[2H])c2c([2H])c([2H])c([2H])c3c2-c2c([2H])c([2H])c([2H])c([2H])c2C32c3c(ccc([2H])c3[2H])-c3cc([2H])c([2H])c([2H])c32)c([2H])c1[2H]. The highest BCUT2D eigenvalue weighted by Gasteiger charge is 2.52. The van der Waals surface area contributed by atoms with Crippen LogP contribution in [-0.4, -0.2) is 0 Å². The number of rotatable bonds is 7. The molecule has 1 atom stereocenters. The Morgan fingerprint density at radius 1 is 0.315 bits per heavy atom. The molecule has 0 bridgehead atoms. The molecule has 340 valence electrons. The number of para-hydroxylation sites is 1. The minimum Gasteiger partial charge on any atom is -0.310 e. The minimum atomic E-state index is -3.28. The number of hydrogen-bond donors (Lipinski definition) is 0. The molecule has 0 aromatic heterocycles. The van der Waals surface area contributed by atoms with Crippen LogP contribution in [0.1, 0.15) is 95.2 Å². The third-order valence-electron chi connectivity index (χ3n) is 13.6. The Morgan fingerprint density at radius 3 is 1.77 bits per heavy atom. The predicted molar refractivity (Wildman–Crippen MR) is 303 cm³/mol. The molecule has 3 aliphatic rings. The van der Waals surface area contributed by atoms with Crippen molar-refractivity contribution in [1.29, 1.82) is 0 Å². The van der Waals surface area contributed by atoms with Gasteiger partial charge in [0, 0.05) is 16.9 Å². The zero-order valence-electron chi connectivity index (χ0n) is 74.2. The van der Waals surface area contributed by atoms with E-state index in [1.807, 2.05) is 0 Å². The highest BCUT2D eigenvalue weighted by molar-refractivity contribution is 6.06. The van der Waals surface area contributed by atoms with Crippen LogP contribution in [-0.2, 0) is 10.8 Å². The van der Waals surface area contributed by atoms with E-state index in [2.05, 4.69) is 0 Å². The summed E-state index contributed by atoms with van der Waals surface area (Å²) >= 11 is 0. The second-order valence-electron chi connectivity index (χ2n) is 17.0. The predicted octanol–water partition coefficient (Wildman–Crippen LogP) is 18.4. The Bertz CT molecular complexity index is 6280. The second kappa shape index (κ2) is 16.1. The normalized spacial score (nSPS) is 22.1. The fourth-order valence-electron chi connectivity index (χ4n) is 10.8. The van der Waals surface area contributed by atoms with Crippen LogP contribution < -0.4 is 4.90 Å². The summed E-state index contributed by atoms with van der Waals surface area (Å²) in [6.07, 6.45) is 0. The van der Waals surface area contributed by atoms with Crippen molar-refractivity contribution in [2.45, 2.75) is 10.8 Å². The summed E-state index contributed by atoms with van der Waals surface area (Å²) in [5.74, 6) is 0. The lowest BCUT2D eigenvalue weighted by molar-refractivity contribution is 0.769. The van der Waals surface area contributed by atoms with E-state index in [1.165, 1.54) is 30.3 Å². The topological polar surface area (TPSA) is 3.24 Å². The minimum absolute atomic E-state index is 0.0295. The van der Waals surface area contributed by atoms with Gasteiger partial charge in [-0.2, -0.15) is 0 Å². The summed E-state index contributed by atoms with van der Waals surface area (Å²) in [4.78, 5) is 0.772. The molecule has 0 aliphatic heterocycles. The number of hydrogen-bond acceptors (Lipinski definition) is 1. The second-order valence-corrected chi connectivity index (χ2v) is 17.0. The zero-order chi connectivity index (χ0) is 80.3. The lowest BCUT2D eigenvalue weighted by Crippen LogP contribution is -2.28. The Hall–Kier alpha value is -9.30. The van der Waals surface area contributed by atoms with Crippen LogP contribution in [0.2, 0.25) is 0 Å². The number of anilines is 3. The molecule has 1 heteroatoms. The van der Waals surface area contributed by atoms with Gasteiger partial charge in [0.1, 0.15) is 0 Å². The van der Waals surface area contributed by atoms with E-state index in [9.17, 15) is 32.9 Å². The molecule has 1 nitrogen and oxygen atoms in total. The van der Waals surface area contributed by atoms with E-state index in [0.29, 0.717) is 0 Å². The van der Waals surface area contributed by atoms with Crippen LogP contribution in [0.4, 0.5) is 17.1 Å². The fourth-order valence-corrected chi connectivity index (χ4v) is 10.8. The third kappa shape index (κ3) is 5.79. The van der Waals surface area contributed by atoms with E-state index >= 15 is 0 Å². The van der Waals surface area contributed by atoms with Gasteiger partial charge in [-0.25, -0.2) is 0 Å². The number of nitrogens with zero attached hydrogens (tertiary/aromatic N) is 1. The van der Waals surface area contributed by atoms with E-state index in [0.717, 1.165) is 35.2 Å². The molecule has 3 aliphatic carbocycles. The standard InChI is InChI=1S/C72H47N/c1-4-24-51(25-5-1)71(52-26-6-2-7-27-52)62-36-16-12-34-59(62)60-45-43-50(47-67(60)71)69-55-31-11-10-22-48(55)42-44-56(69)49-23-20-30-54(46-49)73(53-28-8-3-9-29-53)68-41-21-40-66-70(68)61-35-15-19-39-65(61)72(66)63-37-17-13-32-57(63)58-33-14-18-38-64(58)72/h1-47H/i1D,2D,3D,4D,5D,6D,7D,8D,12D,13D,15D,16D,17D,18D,19D,20D,21D,22D,23D,24D,25D,26D,27D,28D,30D,34D,35D,36D,37D,38D,39D,40D,41D,42D,43D,44D,47D. The van der Waals surface area contributed by atoms with E-state index in [-0.39, 0.29) is 27.6 Å². The Balaban J connectivity index is 1.15. The molecule has 12 aromatic rings. The molecule has 15 rings (SSSR count). The first kappa shape index (κ1) is 19.0. The molecular formula is C72H47N. The van der Waals surface area contributed by atoms with Gasteiger partial charge in [-0.05, 0) is 142 Å². The van der Waals surface area contributed by atoms with Crippen LogP contribution in [0.3, 0.4) is 0 Å². The quantitative estimate of drug-likeness (QED) is 0.154. The van der Waals surface area contributed by atoms with Gasteiger partial charge in [0.2, 0.25) is 0 Å². The molecule has 0 heterocycles. The maximum absolute atomic E-state index is 10.9. The lowest BCUT2D eigenvalue weighted by atomic mass is 9.67. The van der Waals surface area contributed by atoms with Crippen molar-refractivity contribution in [2.24, 2.45) is 0 Å². The Kier molecular flexibility index (Phi) is 4.20. The Morgan fingerprint density at radius 2 is 0.945 bits per heavy atom. The van der Waals surface area contributed by atoms with Crippen molar-refractivity contribution in [1.82, 2.24) is 0 Å². The van der Waals surface area contributed by atoms with E-state index in [1.54, 1.807) is 0 Å². The smallest absolute Gasteiger partial charge is 0.0726 e. The summed E-state index contributed by atoms with van der Waals surface area (Å²) in [5.41, 5.74) is -19.6. The molecule has 0 N–H and O–H groups in total. The molecule has 0 amide bonds. The van der Waals surface area contributed by atoms with Gasteiger partial charge in [-0.3, -0.25) is 0 Å². The van der Waals surface area contributed by atoms with Gasteiger partial charge in [0.05, 0.1) is 67.2 Å². The molecule has 0 saturated heterocycles.